The van der Waals surface area contributed by atoms with E-state index in [1.807, 2.05) is 20.8 Å². The zero-order valence-electron chi connectivity index (χ0n) is 14.5. The van der Waals surface area contributed by atoms with E-state index in [1.165, 1.54) is 6.20 Å². The van der Waals surface area contributed by atoms with Gasteiger partial charge in [-0.05, 0) is 6.92 Å². The summed E-state index contributed by atoms with van der Waals surface area (Å²) in [6.07, 6.45) is 1.41. The molecule has 10 heteroatoms. The number of aliphatic carboxylic acids is 1. The molecule has 2 heterocycles. The maximum atomic E-state index is 12.3. The van der Waals surface area contributed by atoms with Crippen molar-refractivity contribution in [1.29, 1.82) is 0 Å². The number of aromatic nitrogens is 5. The second-order valence-corrected chi connectivity index (χ2v) is 6.61. The number of carboxylic acid groups (broad SMARTS) is 1. The number of aryl methyl sites for hydroxylation is 1. The SMILES string of the molecule is Cc1nc(C(C)(C)C)[nH]c(=O)c1C(=O)NCc1cn(CC(=O)O)nn1. The van der Waals surface area contributed by atoms with E-state index in [0.717, 1.165) is 4.68 Å². The van der Waals surface area contributed by atoms with Crippen molar-refractivity contribution in [1.82, 2.24) is 30.3 Å². The lowest BCUT2D eigenvalue weighted by Crippen LogP contribution is -2.33. The van der Waals surface area contributed by atoms with E-state index in [9.17, 15) is 14.4 Å². The summed E-state index contributed by atoms with van der Waals surface area (Å²) < 4.78 is 1.14. The summed E-state index contributed by atoms with van der Waals surface area (Å²) in [4.78, 5) is 42.1. The molecule has 0 fully saturated rings. The van der Waals surface area contributed by atoms with Gasteiger partial charge in [0.05, 0.1) is 18.4 Å². The zero-order chi connectivity index (χ0) is 18.8. The lowest BCUT2D eigenvalue weighted by atomic mass is 9.95. The first-order chi connectivity index (χ1) is 11.6. The molecule has 0 atom stereocenters. The van der Waals surface area contributed by atoms with Gasteiger partial charge in [0.15, 0.2) is 0 Å². The summed E-state index contributed by atoms with van der Waals surface area (Å²) in [5.74, 6) is -1.13. The quantitative estimate of drug-likeness (QED) is 0.689. The summed E-state index contributed by atoms with van der Waals surface area (Å²) in [6.45, 7) is 7.01. The number of rotatable bonds is 5. The normalized spacial score (nSPS) is 11.4. The molecule has 0 saturated heterocycles. The Morgan fingerprint density at radius 3 is 2.60 bits per heavy atom. The third-order valence-corrected chi connectivity index (χ3v) is 3.35. The molecule has 10 nitrogen and oxygen atoms in total. The molecule has 3 N–H and O–H groups in total. The molecule has 0 bridgehead atoms. The van der Waals surface area contributed by atoms with Gasteiger partial charge in [0.2, 0.25) is 0 Å². The maximum absolute atomic E-state index is 12.3. The molecule has 2 aromatic heterocycles. The molecule has 25 heavy (non-hydrogen) atoms. The molecule has 0 unspecified atom stereocenters. The van der Waals surface area contributed by atoms with Crippen LogP contribution in [0.4, 0.5) is 0 Å². The van der Waals surface area contributed by atoms with E-state index in [-0.39, 0.29) is 24.1 Å². The minimum atomic E-state index is -1.05. The van der Waals surface area contributed by atoms with Gasteiger partial charge in [0.1, 0.15) is 23.6 Å². The van der Waals surface area contributed by atoms with Crippen LogP contribution in [0.3, 0.4) is 0 Å². The highest BCUT2D eigenvalue weighted by Crippen LogP contribution is 2.17. The fraction of sp³-hybridized carbons (Fsp3) is 0.467. The van der Waals surface area contributed by atoms with Gasteiger partial charge in [-0.25, -0.2) is 9.67 Å². The molecule has 0 saturated carbocycles. The van der Waals surface area contributed by atoms with Crippen LogP contribution in [0.2, 0.25) is 0 Å². The van der Waals surface area contributed by atoms with Gasteiger partial charge < -0.3 is 15.4 Å². The van der Waals surface area contributed by atoms with Crippen LogP contribution in [0, 0.1) is 6.92 Å². The van der Waals surface area contributed by atoms with E-state index >= 15 is 0 Å². The lowest BCUT2D eigenvalue weighted by molar-refractivity contribution is -0.137. The topological polar surface area (TPSA) is 143 Å². The molecule has 1 amide bonds. The van der Waals surface area contributed by atoms with Crippen molar-refractivity contribution < 1.29 is 14.7 Å². The third-order valence-electron chi connectivity index (χ3n) is 3.35. The van der Waals surface area contributed by atoms with Gasteiger partial charge in [-0.3, -0.25) is 14.4 Å². The monoisotopic (exact) mass is 348 g/mol. The first-order valence-corrected chi connectivity index (χ1v) is 7.58. The summed E-state index contributed by atoms with van der Waals surface area (Å²) in [5, 5.41) is 18.6. The molecule has 0 aliphatic heterocycles. The van der Waals surface area contributed by atoms with Crippen LogP contribution in [-0.4, -0.2) is 41.9 Å². The largest absolute Gasteiger partial charge is 0.480 e. The van der Waals surface area contributed by atoms with Gasteiger partial charge in [0, 0.05) is 5.41 Å². The molecule has 0 radical (unpaired) electrons. The molecule has 0 aliphatic rings. The number of carbonyl (C=O) groups is 2. The second-order valence-electron chi connectivity index (χ2n) is 6.61. The van der Waals surface area contributed by atoms with Gasteiger partial charge >= 0.3 is 5.97 Å². The van der Waals surface area contributed by atoms with Crippen molar-refractivity contribution >= 4 is 11.9 Å². The average molecular weight is 348 g/mol. The predicted molar refractivity (Wildman–Crippen MR) is 87.1 cm³/mol. The number of carbonyl (C=O) groups excluding carboxylic acids is 1. The van der Waals surface area contributed by atoms with Gasteiger partial charge in [-0.15, -0.1) is 5.10 Å². The van der Waals surface area contributed by atoms with E-state index < -0.39 is 17.4 Å². The number of hydrogen-bond donors (Lipinski definition) is 3. The van der Waals surface area contributed by atoms with Crippen LogP contribution in [0.15, 0.2) is 11.0 Å². The number of hydrogen-bond acceptors (Lipinski definition) is 6. The Kier molecular flexibility index (Phi) is 5.00. The van der Waals surface area contributed by atoms with Crippen LogP contribution in [0.5, 0.6) is 0 Å². The zero-order valence-corrected chi connectivity index (χ0v) is 14.5. The van der Waals surface area contributed by atoms with Crippen molar-refractivity contribution in [2.75, 3.05) is 0 Å². The van der Waals surface area contributed by atoms with E-state index in [4.69, 9.17) is 5.11 Å². The lowest BCUT2D eigenvalue weighted by Gasteiger charge is -2.18. The number of nitrogens with one attached hydrogen (secondary N) is 2. The van der Waals surface area contributed by atoms with Crippen molar-refractivity contribution in [3.63, 3.8) is 0 Å². The predicted octanol–water partition coefficient (Wildman–Crippen LogP) is -0.0181. The summed E-state index contributed by atoms with van der Waals surface area (Å²) in [6, 6.07) is 0. The van der Waals surface area contributed by atoms with Crippen molar-refractivity contribution in [3.05, 3.63) is 39.3 Å². The van der Waals surface area contributed by atoms with Gasteiger partial charge in [-0.1, -0.05) is 26.0 Å². The Labute approximate surface area is 143 Å². The molecule has 2 aromatic rings. The fourth-order valence-corrected chi connectivity index (χ4v) is 2.10. The highest BCUT2D eigenvalue weighted by atomic mass is 16.4. The molecule has 0 aromatic carbocycles. The fourth-order valence-electron chi connectivity index (χ4n) is 2.10. The summed E-state index contributed by atoms with van der Waals surface area (Å²) in [7, 11) is 0. The number of aromatic amines is 1. The standard InChI is InChI=1S/C15H20N6O4/c1-8-11(13(25)18-14(17-8)15(2,3)4)12(24)16-5-9-6-21(20-19-9)7-10(22)23/h6H,5,7H2,1-4H3,(H,16,24)(H,22,23)(H,17,18,25). The Hall–Kier alpha value is -3.04. The van der Waals surface area contributed by atoms with E-state index in [1.54, 1.807) is 6.92 Å². The Balaban J connectivity index is 2.12. The summed E-state index contributed by atoms with van der Waals surface area (Å²) in [5.41, 5.74) is -0.208. The minimum Gasteiger partial charge on any atom is -0.480 e. The molecule has 0 aliphatic carbocycles. The highest BCUT2D eigenvalue weighted by molar-refractivity contribution is 5.94. The van der Waals surface area contributed by atoms with E-state index in [2.05, 4.69) is 25.6 Å². The van der Waals surface area contributed by atoms with Gasteiger partial charge in [0.25, 0.3) is 11.5 Å². The number of H-pyrrole nitrogens is 1. The van der Waals surface area contributed by atoms with Crippen molar-refractivity contribution in [2.24, 2.45) is 0 Å². The van der Waals surface area contributed by atoms with E-state index in [0.29, 0.717) is 17.2 Å². The van der Waals surface area contributed by atoms with Crippen LogP contribution >= 0.6 is 0 Å². The van der Waals surface area contributed by atoms with Crippen LogP contribution in [0.25, 0.3) is 0 Å². The Morgan fingerprint density at radius 1 is 1.36 bits per heavy atom. The van der Waals surface area contributed by atoms with Crippen LogP contribution in [0.1, 0.15) is 48.3 Å². The average Bonchev–Trinajstić information content (AvgIpc) is 2.90. The number of nitrogens with zero attached hydrogens (tertiary/aromatic N) is 4. The molecular weight excluding hydrogens is 328 g/mol. The highest BCUT2D eigenvalue weighted by Gasteiger charge is 2.22. The minimum absolute atomic E-state index is 0.0123. The molecule has 134 valence electrons. The maximum Gasteiger partial charge on any atom is 0.325 e. The molecular formula is C15H20N6O4. The first kappa shape index (κ1) is 18.3. The van der Waals surface area contributed by atoms with Gasteiger partial charge in [-0.2, -0.15) is 0 Å². The van der Waals surface area contributed by atoms with Crippen molar-refractivity contribution in [3.8, 4) is 0 Å². The Morgan fingerprint density at radius 2 is 2.04 bits per heavy atom. The Bertz CT molecular complexity index is 862. The second kappa shape index (κ2) is 6.83. The van der Waals surface area contributed by atoms with Crippen LogP contribution in [-0.2, 0) is 23.3 Å². The number of carboxylic acids is 1. The molecule has 0 spiro atoms. The van der Waals surface area contributed by atoms with Crippen molar-refractivity contribution in [2.45, 2.75) is 46.2 Å². The van der Waals surface area contributed by atoms with Crippen LogP contribution < -0.4 is 10.9 Å². The number of amides is 1. The smallest absolute Gasteiger partial charge is 0.325 e. The molecule has 2 rings (SSSR count). The first-order valence-electron chi connectivity index (χ1n) is 7.58. The summed E-state index contributed by atoms with van der Waals surface area (Å²) >= 11 is 0. The third kappa shape index (κ3) is 4.49.